The molecule has 11 heteroatoms. The number of carbonyl (C=O) groups is 1. The summed E-state index contributed by atoms with van der Waals surface area (Å²) in [4.78, 5) is 14.5. The van der Waals surface area contributed by atoms with Gasteiger partial charge in [-0.15, -0.1) is 5.10 Å². The lowest BCUT2D eigenvalue weighted by atomic mass is 9.94. The first-order valence-corrected chi connectivity index (χ1v) is 11.6. The van der Waals surface area contributed by atoms with Gasteiger partial charge in [0.2, 0.25) is 0 Å². The van der Waals surface area contributed by atoms with Crippen molar-refractivity contribution in [1.82, 2.24) is 19.9 Å². The average Bonchev–Trinajstić information content (AvgIpc) is 3.38. The quantitative estimate of drug-likeness (QED) is 0.319. The van der Waals surface area contributed by atoms with E-state index in [9.17, 15) is 29.6 Å². The average molecular weight is 509 g/mol. The molecule has 0 spiro atoms. The summed E-state index contributed by atoms with van der Waals surface area (Å²) in [7, 11) is 1.38. The van der Waals surface area contributed by atoms with Crippen LogP contribution >= 0.6 is 0 Å². The van der Waals surface area contributed by atoms with Crippen molar-refractivity contribution in [3.63, 3.8) is 0 Å². The van der Waals surface area contributed by atoms with Crippen LogP contribution in [0.4, 0.5) is 4.39 Å². The first kappa shape index (κ1) is 24.8. The molecule has 10 nitrogen and oxygen atoms in total. The van der Waals surface area contributed by atoms with Crippen LogP contribution in [0.2, 0.25) is 0 Å². The van der Waals surface area contributed by atoms with E-state index in [1.54, 1.807) is 30.3 Å². The first-order valence-electron chi connectivity index (χ1n) is 11.6. The summed E-state index contributed by atoms with van der Waals surface area (Å²) in [6, 6.07) is 14.8. The Bertz CT molecular complexity index is 1450. The number of likely N-dealkylation sites (N-methyl/N-ethyl adjacent to an activating group) is 1. The first-order chi connectivity index (χ1) is 17.8. The van der Waals surface area contributed by atoms with Gasteiger partial charge in [0.15, 0.2) is 6.23 Å². The molecule has 1 fully saturated rings. The molecule has 0 aliphatic carbocycles. The Balaban J connectivity index is 1.46. The maximum absolute atomic E-state index is 13.7. The number of amides is 1. The lowest BCUT2D eigenvalue weighted by Gasteiger charge is -2.45. The van der Waals surface area contributed by atoms with Crippen LogP contribution in [0.3, 0.4) is 0 Å². The molecule has 0 saturated carbocycles. The molecular weight excluding hydrogens is 483 g/mol. The van der Waals surface area contributed by atoms with E-state index in [2.05, 4.69) is 10.3 Å². The van der Waals surface area contributed by atoms with E-state index < -0.39 is 48.9 Å². The number of nitrogens with zero attached hydrogens (tertiary/aromatic N) is 4. The third kappa shape index (κ3) is 4.42. The third-order valence-electron chi connectivity index (χ3n) is 6.64. The van der Waals surface area contributed by atoms with Crippen molar-refractivity contribution < 1.29 is 34.3 Å². The van der Waals surface area contributed by atoms with Crippen molar-refractivity contribution in [1.29, 1.82) is 0 Å². The number of phenols is 1. The van der Waals surface area contributed by atoms with Gasteiger partial charge in [-0.3, -0.25) is 4.79 Å². The predicted molar refractivity (Wildman–Crippen MR) is 130 cm³/mol. The highest BCUT2D eigenvalue weighted by molar-refractivity contribution is 6.03. The van der Waals surface area contributed by atoms with Crippen LogP contribution in [0.5, 0.6) is 5.75 Å². The molecule has 37 heavy (non-hydrogen) atoms. The van der Waals surface area contributed by atoms with Crippen LogP contribution in [-0.4, -0.2) is 84.4 Å². The van der Waals surface area contributed by atoms with Crippen molar-refractivity contribution in [3.8, 4) is 17.0 Å². The Morgan fingerprint density at radius 2 is 1.89 bits per heavy atom. The third-order valence-corrected chi connectivity index (χ3v) is 6.64. The van der Waals surface area contributed by atoms with Gasteiger partial charge in [0.1, 0.15) is 41.6 Å². The highest BCUT2D eigenvalue weighted by atomic mass is 19.1. The zero-order chi connectivity index (χ0) is 26.3. The van der Waals surface area contributed by atoms with Crippen molar-refractivity contribution in [2.75, 3.05) is 13.7 Å². The van der Waals surface area contributed by atoms with Crippen molar-refractivity contribution in [2.45, 2.75) is 30.6 Å². The summed E-state index contributed by atoms with van der Waals surface area (Å²) in [5, 5.41) is 51.9. The zero-order valence-electron chi connectivity index (χ0n) is 19.7. The minimum Gasteiger partial charge on any atom is -0.506 e. The molecule has 0 unspecified atom stereocenters. The number of rotatable bonds is 5. The fraction of sp³-hybridized carbons (Fsp3) is 0.269. The summed E-state index contributed by atoms with van der Waals surface area (Å²) in [5.74, 6) is -1.32. The molecule has 4 N–H and O–H groups in total. The Kier molecular flexibility index (Phi) is 6.61. The Morgan fingerprint density at radius 1 is 1.11 bits per heavy atom. The van der Waals surface area contributed by atoms with Gasteiger partial charge in [-0.2, -0.15) is 0 Å². The molecule has 1 aromatic heterocycles. The number of hydrogen-bond acceptors (Lipinski definition) is 8. The number of hydrogen-bond donors (Lipinski definition) is 4. The van der Waals surface area contributed by atoms with E-state index in [1.807, 2.05) is 6.07 Å². The number of fused-ring (bicyclic) bond motifs is 1. The zero-order valence-corrected chi connectivity index (χ0v) is 19.7. The molecule has 0 bridgehead atoms. The van der Waals surface area contributed by atoms with Gasteiger partial charge in [-0.1, -0.05) is 47.7 Å². The second kappa shape index (κ2) is 9.87. The molecule has 1 saturated heterocycles. The number of ether oxygens (including phenoxy) is 1. The number of carbonyl (C=O) groups excluding carboxylic acids is 1. The van der Waals surface area contributed by atoms with Crippen LogP contribution < -0.4 is 0 Å². The normalized spacial score (nSPS) is 23.8. The highest BCUT2D eigenvalue weighted by Crippen LogP contribution is 2.34. The van der Waals surface area contributed by atoms with Gasteiger partial charge in [-0.25, -0.2) is 9.07 Å². The van der Waals surface area contributed by atoms with E-state index in [1.165, 1.54) is 42.2 Å². The fourth-order valence-corrected chi connectivity index (χ4v) is 4.65. The number of aromatic nitrogens is 3. The number of aliphatic hydroxyl groups is 3. The van der Waals surface area contributed by atoms with E-state index >= 15 is 0 Å². The van der Waals surface area contributed by atoms with Crippen LogP contribution in [0.15, 0.2) is 66.9 Å². The Hall–Kier alpha value is -3.90. The molecule has 4 aromatic rings. The SMILES string of the molecule is CN(C(=O)c1ccc2ccccc2c1O)[C@@H]1O[C@H](CO)[C@H](O)[C@H](n2cc(-c3cccc(F)c3)nn2)[C@H]1O. The highest BCUT2D eigenvalue weighted by Gasteiger charge is 2.48. The number of aromatic hydroxyl groups is 1. The summed E-state index contributed by atoms with van der Waals surface area (Å²) >= 11 is 0. The van der Waals surface area contributed by atoms with Crippen molar-refractivity contribution >= 4 is 16.7 Å². The van der Waals surface area contributed by atoms with Gasteiger partial charge >= 0.3 is 0 Å². The van der Waals surface area contributed by atoms with E-state index in [-0.39, 0.29) is 11.3 Å². The molecule has 1 aliphatic heterocycles. The lowest BCUT2D eigenvalue weighted by Crippen LogP contribution is -2.61. The monoisotopic (exact) mass is 508 g/mol. The second-order valence-electron chi connectivity index (χ2n) is 8.91. The standard InChI is InChI=1S/C26H25FN4O6/c1-30(25(36)18-10-9-14-5-2-3-8-17(14)22(18)33)26-24(35)21(23(34)20(13-32)37-26)31-12-19(28-29-31)15-6-4-7-16(27)11-15/h2-12,20-21,23-24,26,32-35H,13H2,1H3/t20-,21+,23+,24-,26-/m1/s1. The van der Waals surface area contributed by atoms with Crippen LogP contribution in [0, 0.1) is 5.82 Å². The van der Waals surface area contributed by atoms with Gasteiger partial charge in [-0.05, 0) is 23.6 Å². The molecule has 1 amide bonds. The minimum atomic E-state index is -1.50. The molecule has 5 rings (SSSR count). The molecule has 3 aromatic carbocycles. The number of phenolic OH excluding ortho intramolecular Hbond substituents is 1. The van der Waals surface area contributed by atoms with E-state index in [4.69, 9.17) is 4.74 Å². The molecule has 0 radical (unpaired) electrons. The van der Waals surface area contributed by atoms with Gasteiger partial charge < -0.3 is 30.1 Å². The van der Waals surface area contributed by atoms with Gasteiger partial charge in [0, 0.05) is 18.0 Å². The maximum atomic E-state index is 13.7. The van der Waals surface area contributed by atoms with Crippen molar-refractivity contribution in [2.24, 2.45) is 0 Å². The van der Waals surface area contributed by atoms with E-state index in [0.29, 0.717) is 16.6 Å². The van der Waals surface area contributed by atoms with Gasteiger partial charge in [0.25, 0.3) is 5.91 Å². The predicted octanol–water partition coefficient (Wildman–Crippen LogP) is 1.70. The number of halogens is 1. The van der Waals surface area contributed by atoms with E-state index in [0.717, 1.165) is 10.3 Å². The molecule has 1 aliphatic rings. The second-order valence-corrected chi connectivity index (χ2v) is 8.91. The number of benzene rings is 3. The largest absolute Gasteiger partial charge is 0.506 e. The molecule has 192 valence electrons. The molecule has 2 heterocycles. The molecular formula is C26H25FN4O6. The van der Waals surface area contributed by atoms with Crippen LogP contribution in [0.25, 0.3) is 22.0 Å². The van der Waals surface area contributed by atoms with Crippen molar-refractivity contribution in [3.05, 3.63) is 78.2 Å². The minimum absolute atomic E-state index is 0.00522. The summed E-state index contributed by atoms with van der Waals surface area (Å²) < 4.78 is 20.6. The van der Waals surface area contributed by atoms with Crippen LogP contribution in [0.1, 0.15) is 16.4 Å². The Morgan fingerprint density at radius 3 is 2.65 bits per heavy atom. The number of aliphatic hydroxyl groups excluding tert-OH is 3. The maximum Gasteiger partial charge on any atom is 0.259 e. The van der Waals surface area contributed by atoms with Gasteiger partial charge in [0.05, 0.1) is 18.4 Å². The van der Waals surface area contributed by atoms with Crippen LogP contribution in [-0.2, 0) is 4.74 Å². The smallest absolute Gasteiger partial charge is 0.259 e. The lowest BCUT2D eigenvalue weighted by molar-refractivity contribution is -0.235. The summed E-state index contributed by atoms with van der Waals surface area (Å²) in [6.07, 6.45) is -3.96. The Labute approximate surface area is 210 Å². The fourth-order valence-electron chi connectivity index (χ4n) is 4.65. The molecule has 5 atom stereocenters. The summed E-state index contributed by atoms with van der Waals surface area (Å²) in [5.41, 5.74) is 0.735. The topological polar surface area (TPSA) is 141 Å². The summed E-state index contributed by atoms with van der Waals surface area (Å²) in [6.45, 7) is -0.602.